The lowest BCUT2D eigenvalue weighted by Gasteiger charge is -2.36. The lowest BCUT2D eigenvalue weighted by atomic mass is 10.0. The fourth-order valence-corrected chi connectivity index (χ4v) is 11.4. The van der Waals surface area contributed by atoms with Gasteiger partial charge in [-0.25, -0.2) is 24.4 Å². The maximum absolute atomic E-state index is 14.5. The number of urea groups is 2. The van der Waals surface area contributed by atoms with Crippen molar-refractivity contribution in [2.24, 2.45) is 5.73 Å². The van der Waals surface area contributed by atoms with E-state index in [1.165, 1.54) is 21.9 Å². The van der Waals surface area contributed by atoms with E-state index in [-0.39, 0.29) is 114 Å². The largest absolute Gasteiger partial charge is 0.480 e. The number of hydrazine groups is 2. The summed E-state index contributed by atoms with van der Waals surface area (Å²) < 4.78 is 0. The van der Waals surface area contributed by atoms with E-state index in [1.807, 2.05) is 6.07 Å². The number of carboxylic acid groups (broad SMARTS) is 1. The molecule has 4 aromatic carbocycles. The Morgan fingerprint density at radius 1 is 0.620 bits per heavy atom. The second kappa shape index (κ2) is 32.2. The first-order valence-corrected chi connectivity index (χ1v) is 30.4. The zero-order valence-electron chi connectivity index (χ0n) is 50.5. The zero-order valence-corrected chi connectivity index (χ0v) is 50.5. The Balaban J connectivity index is 0.873. The topological polar surface area (TPSA) is 418 Å². The Hall–Kier alpha value is -10.7. The van der Waals surface area contributed by atoms with Gasteiger partial charge in [-0.05, 0) is 93.2 Å². The number of aliphatic hydroxyl groups excluding tert-OH is 1. The first-order chi connectivity index (χ1) is 44.3. The number of carboxylic acids is 1. The number of imide groups is 1. The van der Waals surface area contributed by atoms with E-state index in [9.17, 15) is 63.0 Å². The predicted molar refractivity (Wildman–Crippen MR) is 332 cm³/mol. The summed E-state index contributed by atoms with van der Waals surface area (Å²) in [5.74, 6) is -7.82. The van der Waals surface area contributed by atoms with Crippen molar-refractivity contribution < 1.29 is 63.0 Å². The van der Waals surface area contributed by atoms with Crippen molar-refractivity contribution in [3.05, 3.63) is 138 Å². The minimum atomic E-state index is -1.64. The third kappa shape index (κ3) is 17.4. The van der Waals surface area contributed by atoms with Crippen molar-refractivity contribution in [1.82, 2.24) is 67.1 Å². The number of carbonyl (C=O) groups excluding carboxylic acids is 10. The van der Waals surface area contributed by atoms with Crippen LogP contribution in [0.3, 0.4) is 0 Å². The van der Waals surface area contributed by atoms with E-state index in [4.69, 9.17) is 16.6 Å². The van der Waals surface area contributed by atoms with Gasteiger partial charge in [-0.1, -0.05) is 91.0 Å². The second-order valence-corrected chi connectivity index (χ2v) is 22.4. The Morgan fingerprint density at radius 3 is 1.80 bits per heavy atom. The summed E-state index contributed by atoms with van der Waals surface area (Å²) in [5, 5.41) is 57.6. The molecular weight excluding hydrogens is 1190 g/mol. The number of hydrogen-bond donors (Lipinski definition) is 13. The monoisotopic (exact) mass is 1270 g/mol. The van der Waals surface area contributed by atoms with Gasteiger partial charge in [0.15, 0.2) is 11.9 Å². The molecule has 0 bridgehead atoms. The molecule has 14 N–H and O–H groups in total. The highest BCUT2D eigenvalue weighted by atomic mass is 16.4. The van der Waals surface area contributed by atoms with Gasteiger partial charge in [0.05, 0.1) is 30.8 Å². The molecule has 3 saturated heterocycles. The average molecular weight is 1270 g/mol. The van der Waals surface area contributed by atoms with Crippen LogP contribution in [0, 0.1) is 10.8 Å². The third-order valence-electron chi connectivity index (χ3n) is 16.0. The normalized spacial score (nSPS) is 17.5. The molecule has 92 heavy (non-hydrogen) atoms. The van der Waals surface area contributed by atoms with E-state index in [0.29, 0.717) is 36.1 Å². The quantitative estimate of drug-likeness (QED) is 0.0133. The number of hydrogen-bond acceptors (Lipinski definition) is 14. The lowest BCUT2D eigenvalue weighted by molar-refractivity contribution is -0.144. The van der Waals surface area contributed by atoms with Crippen molar-refractivity contribution in [2.45, 2.75) is 107 Å². The number of nitrogens with two attached hydrogens (primary N) is 1. The van der Waals surface area contributed by atoms with E-state index < -0.39 is 115 Å². The minimum absolute atomic E-state index is 0.00596. The molecule has 488 valence electrons. The molecule has 0 radical (unpaired) electrons. The molecule has 30 nitrogen and oxygen atoms in total. The van der Waals surface area contributed by atoms with Crippen LogP contribution in [0.1, 0.15) is 89.6 Å². The van der Waals surface area contributed by atoms with Gasteiger partial charge in [0.2, 0.25) is 29.5 Å². The number of likely N-dealkylation sites (tertiary alicyclic amines) is 3. The summed E-state index contributed by atoms with van der Waals surface area (Å²) in [6.45, 7) is -1.46. The van der Waals surface area contributed by atoms with E-state index in [2.05, 4.69) is 42.6 Å². The maximum atomic E-state index is 14.5. The van der Waals surface area contributed by atoms with Gasteiger partial charge in [0.1, 0.15) is 36.3 Å². The van der Waals surface area contributed by atoms with Crippen LogP contribution in [-0.2, 0) is 46.5 Å². The number of amides is 12. The standard InChI is InChI=1S/C62H77N17O13/c63-59(64)66-30-16-34-78(79-54(85)42-23-10-11-24-43(42)55(79)86)62(92)76-33-15-28-49(76)57(88)75-32-13-26-47(75)52(83)68-36-50(81)70-45(35-39-17-4-1-5-18-39)51(82)71-46(38-80)56(87)74-31-14-27-48(74)53(84)73-77(37-40-19-6-2-7-20-40)61(91)72-44(58(89)90)25-12-29-67-60(65)69-41-21-8-3-9-22-41/h1-11,17-24,44-49,80H,12-16,25-38H2,(H,68,83)(H,70,81)(H,71,82)(H,72,91)(H,73,84)(H,89,90)(H4,63,64,66)(H3,65,67,69)/t44-,45-,46-,47-,48-,49-/m0/s1. The van der Waals surface area contributed by atoms with Gasteiger partial charge >= 0.3 is 18.0 Å². The molecule has 8 rings (SSSR count). The molecule has 0 aliphatic carbocycles. The molecule has 4 aromatic rings. The van der Waals surface area contributed by atoms with E-state index in [1.54, 1.807) is 97.1 Å². The Morgan fingerprint density at radius 2 is 1.18 bits per heavy atom. The Bertz CT molecular complexity index is 3330. The zero-order chi connectivity index (χ0) is 65.8. The predicted octanol–water partition coefficient (Wildman–Crippen LogP) is 0.373. The minimum Gasteiger partial charge on any atom is -0.480 e. The maximum Gasteiger partial charge on any atom is 0.340 e. The molecule has 0 saturated carbocycles. The molecule has 0 unspecified atom stereocenters. The number of benzene rings is 4. The molecule has 0 spiro atoms. The average Bonchev–Trinajstić information content (AvgIpc) is 1.63. The molecular formula is C62H77N17O13. The van der Waals surface area contributed by atoms with Gasteiger partial charge in [0.25, 0.3) is 17.7 Å². The van der Waals surface area contributed by atoms with Gasteiger partial charge in [-0.15, -0.1) is 0 Å². The molecule has 4 aliphatic heterocycles. The van der Waals surface area contributed by atoms with Gasteiger partial charge in [-0.2, -0.15) is 5.01 Å². The van der Waals surface area contributed by atoms with Gasteiger partial charge in [0, 0.05) is 51.4 Å². The number of carbonyl (C=O) groups is 11. The number of rotatable bonds is 26. The summed E-state index contributed by atoms with van der Waals surface area (Å²) in [6, 6.07) is 22.5. The highest BCUT2D eigenvalue weighted by molar-refractivity contribution is 6.21. The van der Waals surface area contributed by atoms with Crippen molar-refractivity contribution in [2.75, 3.05) is 57.7 Å². The first kappa shape index (κ1) is 67.3. The first-order valence-electron chi connectivity index (χ1n) is 30.4. The Labute approximate surface area is 529 Å². The number of guanidine groups is 2. The molecule has 4 heterocycles. The van der Waals surface area contributed by atoms with Crippen molar-refractivity contribution in [3.63, 3.8) is 0 Å². The van der Waals surface area contributed by atoms with Crippen LogP contribution >= 0.6 is 0 Å². The van der Waals surface area contributed by atoms with Crippen LogP contribution in [0.4, 0.5) is 15.3 Å². The highest BCUT2D eigenvalue weighted by Gasteiger charge is 2.48. The number of aliphatic hydroxyl groups is 1. The third-order valence-corrected chi connectivity index (χ3v) is 16.0. The molecule has 12 amide bonds. The number of nitrogens with zero attached hydrogens (tertiary/aromatic N) is 6. The van der Waals surface area contributed by atoms with E-state index in [0.717, 1.165) is 19.9 Å². The van der Waals surface area contributed by atoms with Crippen LogP contribution in [0.15, 0.2) is 115 Å². The number of anilines is 1. The highest BCUT2D eigenvalue weighted by Crippen LogP contribution is 2.30. The number of aliphatic carboxylic acids is 1. The molecule has 3 fully saturated rings. The molecule has 0 aromatic heterocycles. The fourth-order valence-electron chi connectivity index (χ4n) is 11.4. The van der Waals surface area contributed by atoms with Crippen LogP contribution in [0.25, 0.3) is 0 Å². The smallest absolute Gasteiger partial charge is 0.340 e. The molecule has 4 aliphatic rings. The van der Waals surface area contributed by atoms with Crippen LogP contribution in [0.5, 0.6) is 0 Å². The molecule has 30 heteroatoms. The summed E-state index contributed by atoms with van der Waals surface area (Å²) in [4.78, 5) is 157. The van der Waals surface area contributed by atoms with Crippen LogP contribution in [0.2, 0.25) is 0 Å². The number of nitrogens with one attached hydrogen (secondary N) is 10. The van der Waals surface area contributed by atoms with Gasteiger partial charge in [-0.3, -0.25) is 54.6 Å². The van der Waals surface area contributed by atoms with E-state index >= 15 is 0 Å². The van der Waals surface area contributed by atoms with Gasteiger partial charge < -0.3 is 67.9 Å². The van der Waals surface area contributed by atoms with Crippen molar-refractivity contribution >= 4 is 82.9 Å². The fraction of sp³-hybridized carbons (Fsp3) is 0.403. The molecule has 6 atom stereocenters. The number of para-hydroxylation sites is 1. The second-order valence-electron chi connectivity index (χ2n) is 22.4. The van der Waals surface area contributed by atoms with Crippen LogP contribution in [-0.4, -0.2) is 206 Å². The van der Waals surface area contributed by atoms with Crippen molar-refractivity contribution in [1.29, 1.82) is 10.8 Å². The summed E-state index contributed by atoms with van der Waals surface area (Å²) in [7, 11) is 0. The Kier molecular flexibility index (Phi) is 23.5. The summed E-state index contributed by atoms with van der Waals surface area (Å²) in [6.07, 6.45) is 1.81. The SMILES string of the molecule is N=C(N)NCCCN(C(=O)N1CCC[C@H]1C(=O)N1CCC[C@H]1C(=O)NCC(=O)N[C@@H](Cc1ccccc1)C(=O)N[C@@H](CO)C(=O)N1CCC[C@H]1C(=O)NN(Cc1ccccc1)C(=O)N[C@@H](CCCNC(=N)Nc1ccccc1)C(=O)O)N1C(=O)c2ccccc2C1=O. The summed E-state index contributed by atoms with van der Waals surface area (Å²) in [5.41, 5.74) is 10.0. The lowest BCUT2D eigenvalue weighted by Crippen LogP contribution is -2.60. The van der Waals surface area contributed by atoms with Crippen LogP contribution < -0.4 is 48.4 Å². The van der Waals surface area contributed by atoms with Crippen molar-refractivity contribution in [3.8, 4) is 0 Å². The summed E-state index contributed by atoms with van der Waals surface area (Å²) >= 11 is 0. The number of fused-ring (bicyclic) bond motifs is 1.